The monoisotopic (exact) mass is 393 g/mol. The number of rotatable bonds is 6. The topological polar surface area (TPSA) is 63.6 Å². The zero-order chi connectivity index (χ0) is 19.9. The SMILES string of the molecule is Cc1cc(Cl)ccc1OC(C)C(=O)NN=C(c1ccccc1)c1cccnc1. The predicted molar refractivity (Wildman–Crippen MR) is 111 cm³/mol. The lowest BCUT2D eigenvalue weighted by atomic mass is 10.0. The number of benzene rings is 2. The van der Waals surface area contributed by atoms with E-state index in [9.17, 15) is 4.79 Å². The first-order valence-corrected chi connectivity index (χ1v) is 9.18. The van der Waals surface area contributed by atoms with Gasteiger partial charge in [0, 0.05) is 28.5 Å². The molecule has 0 radical (unpaired) electrons. The second-order valence-electron chi connectivity index (χ2n) is 6.21. The van der Waals surface area contributed by atoms with E-state index in [1.807, 2.05) is 49.4 Å². The fraction of sp³-hybridized carbons (Fsp3) is 0.136. The van der Waals surface area contributed by atoms with Crippen LogP contribution in [0.5, 0.6) is 5.75 Å². The number of nitrogens with one attached hydrogen (secondary N) is 1. The van der Waals surface area contributed by atoms with E-state index >= 15 is 0 Å². The van der Waals surface area contributed by atoms with Gasteiger partial charge in [0.25, 0.3) is 5.91 Å². The van der Waals surface area contributed by atoms with Crippen LogP contribution in [0.1, 0.15) is 23.6 Å². The van der Waals surface area contributed by atoms with Crippen molar-refractivity contribution in [2.45, 2.75) is 20.0 Å². The molecule has 0 fully saturated rings. The van der Waals surface area contributed by atoms with E-state index in [2.05, 4.69) is 15.5 Å². The summed E-state index contributed by atoms with van der Waals surface area (Å²) in [4.78, 5) is 16.6. The molecule has 0 saturated heterocycles. The molecule has 1 N–H and O–H groups in total. The van der Waals surface area contributed by atoms with Crippen LogP contribution in [0.15, 0.2) is 78.2 Å². The average Bonchev–Trinajstić information content (AvgIpc) is 2.71. The molecule has 2 aromatic carbocycles. The van der Waals surface area contributed by atoms with Crippen molar-refractivity contribution in [3.8, 4) is 5.75 Å². The largest absolute Gasteiger partial charge is 0.481 e. The van der Waals surface area contributed by atoms with E-state index in [1.54, 1.807) is 37.5 Å². The standard InChI is InChI=1S/C22H20ClN3O2/c1-15-13-19(23)10-11-20(15)28-16(2)22(27)26-25-21(17-7-4-3-5-8-17)18-9-6-12-24-14-18/h3-14,16H,1-2H3,(H,26,27). The van der Waals surface area contributed by atoms with Gasteiger partial charge in [-0.05, 0) is 49.7 Å². The third-order valence-corrected chi connectivity index (χ3v) is 4.31. The number of carbonyl (C=O) groups excluding carboxylic acids is 1. The summed E-state index contributed by atoms with van der Waals surface area (Å²) < 4.78 is 5.75. The maximum Gasteiger partial charge on any atom is 0.280 e. The molecule has 0 saturated carbocycles. The molecule has 1 heterocycles. The number of amides is 1. The number of halogens is 1. The van der Waals surface area contributed by atoms with Gasteiger partial charge in [-0.25, -0.2) is 5.43 Å². The smallest absolute Gasteiger partial charge is 0.280 e. The normalized spacial score (nSPS) is 12.3. The molecule has 1 amide bonds. The lowest BCUT2D eigenvalue weighted by Crippen LogP contribution is -2.34. The van der Waals surface area contributed by atoms with Gasteiger partial charge in [0.1, 0.15) is 5.75 Å². The molecular weight excluding hydrogens is 374 g/mol. The average molecular weight is 394 g/mol. The van der Waals surface area contributed by atoms with Crippen molar-refractivity contribution in [3.63, 3.8) is 0 Å². The van der Waals surface area contributed by atoms with Crippen molar-refractivity contribution in [2.24, 2.45) is 5.10 Å². The van der Waals surface area contributed by atoms with E-state index in [0.29, 0.717) is 16.5 Å². The summed E-state index contributed by atoms with van der Waals surface area (Å²) in [5.74, 6) is 0.248. The summed E-state index contributed by atoms with van der Waals surface area (Å²) in [6.07, 6.45) is 2.67. The van der Waals surface area contributed by atoms with Crippen molar-refractivity contribution in [1.29, 1.82) is 0 Å². The van der Waals surface area contributed by atoms with Crippen LogP contribution in [0.2, 0.25) is 5.02 Å². The number of pyridine rings is 1. The quantitative estimate of drug-likeness (QED) is 0.499. The van der Waals surface area contributed by atoms with Crippen molar-refractivity contribution >= 4 is 23.2 Å². The molecule has 1 unspecified atom stereocenters. The second kappa shape index (κ2) is 9.15. The van der Waals surface area contributed by atoms with Crippen LogP contribution in [-0.4, -0.2) is 22.7 Å². The molecule has 0 aliphatic carbocycles. The third kappa shape index (κ3) is 4.96. The van der Waals surface area contributed by atoms with Crippen molar-refractivity contribution < 1.29 is 9.53 Å². The fourth-order valence-corrected chi connectivity index (χ4v) is 2.81. The fourth-order valence-electron chi connectivity index (χ4n) is 2.59. The molecule has 0 aliphatic heterocycles. The number of carbonyl (C=O) groups is 1. The maximum atomic E-state index is 12.5. The van der Waals surface area contributed by atoms with Gasteiger partial charge in [0.05, 0.1) is 5.71 Å². The van der Waals surface area contributed by atoms with E-state index in [0.717, 1.165) is 16.7 Å². The highest BCUT2D eigenvalue weighted by Gasteiger charge is 2.16. The zero-order valence-electron chi connectivity index (χ0n) is 15.6. The minimum absolute atomic E-state index is 0.355. The Labute approximate surface area is 169 Å². The van der Waals surface area contributed by atoms with Crippen LogP contribution < -0.4 is 10.2 Å². The van der Waals surface area contributed by atoms with Gasteiger partial charge in [-0.15, -0.1) is 0 Å². The van der Waals surface area contributed by atoms with Crippen LogP contribution >= 0.6 is 11.6 Å². The van der Waals surface area contributed by atoms with Gasteiger partial charge in [0.15, 0.2) is 6.10 Å². The first-order valence-electron chi connectivity index (χ1n) is 8.81. The lowest BCUT2D eigenvalue weighted by Gasteiger charge is -2.15. The third-order valence-electron chi connectivity index (χ3n) is 4.07. The van der Waals surface area contributed by atoms with Crippen LogP contribution in [0.25, 0.3) is 0 Å². The van der Waals surface area contributed by atoms with Crippen molar-refractivity contribution in [1.82, 2.24) is 10.4 Å². The minimum atomic E-state index is -0.727. The Hall–Kier alpha value is -3.18. The van der Waals surface area contributed by atoms with Gasteiger partial charge < -0.3 is 4.74 Å². The first-order chi connectivity index (χ1) is 13.5. The molecule has 5 nitrogen and oxygen atoms in total. The summed E-state index contributed by atoms with van der Waals surface area (Å²) in [7, 11) is 0. The highest BCUT2D eigenvalue weighted by Crippen LogP contribution is 2.22. The highest BCUT2D eigenvalue weighted by atomic mass is 35.5. The Balaban J connectivity index is 1.77. The molecular formula is C22H20ClN3O2. The molecule has 3 rings (SSSR count). The minimum Gasteiger partial charge on any atom is -0.481 e. The van der Waals surface area contributed by atoms with E-state index in [-0.39, 0.29) is 5.91 Å². The first kappa shape index (κ1) is 19.6. The molecule has 1 atom stereocenters. The van der Waals surface area contributed by atoms with Crippen molar-refractivity contribution in [3.05, 3.63) is 94.8 Å². The van der Waals surface area contributed by atoms with E-state index in [4.69, 9.17) is 16.3 Å². The summed E-state index contributed by atoms with van der Waals surface area (Å²) in [5, 5.41) is 4.96. The Bertz CT molecular complexity index is 934. The summed E-state index contributed by atoms with van der Waals surface area (Å²) in [6, 6.07) is 18.6. The summed E-state index contributed by atoms with van der Waals surface area (Å²) >= 11 is 5.96. The Kier molecular flexibility index (Phi) is 6.40. The zero-order valence-corrected chi connectivity index (χ0v) is 16.4. The summed E-state index contributed by atoms with van der Waals surface area (Å²) in [6.45, 7) is 3.55. The van der Waals surface area contributed by atoms with Gasteiger partial charge >= 0.3 is 0 Å². The van der Waals surface area contributed by atoms with Crippen LogP contribution in [0.4, 0.5) is 0 Å². The number of nitrogens with zero attached hydrogens (tertiary/aromatic N) is 2. The molecule has 142 valence electrons. The predicted octanol–water partition coefficient (Wildman–Crippen LogP) is 4.38. The molecule has 28 heavy (non-hydrogen) atoms. The van der Waals surface area contributed by atoms with Crippen molar-refractivity contribution in [2.75, 3.05) is 0 Å². The Morgan fingerprint density at radius 3 is 2.54 bits per heavy atom. The second-order valence-corrected chi connectivity index (χ2v) is 6.65. The summed E-state index contributed by atoms with van der Waals surface area (Å²) in [5.41, 5.74) is 5.76. The number of hydrogen-bond donors (Lipinski definition) is 1. The van der Waals surface area contributed by atoms with Gasteiger partial charge in [-0.2, -0.15) is 5.10 Å². The van der Waals surface area contributed by atoms with Gasteiger partial charge in [-0.1, -0.05) is 41.9 Å². The van der Waals surface area contributed by atoms with Gasteiger partial charge in [0.2, 0.25) is 0 Å². The van der Waals surface area contributed by atoms with E-state index in [1.165, 1.54) is 0 Å². The molecule has 3 aromatic rings. The van der Waals surface area contributed by atoms with E-state index < -0.39 is 6.10 Å². The number of aromatic nitrogens is 1. The Morgan fingerprint density at radius 2 is 1.86 bits per heavy atom. The highest BCUT2D eigenvalue weighted by molar-refractivity contribution is 6.30. The van der Waals surface area contributed by atoms with Gasteiger partial charge in [-0.3, -0.25) is 9.78 Å². The molecule has 0 bridgehead atoms. The number of aryl methyl sites for hydroxylation is 1. The number of hydrazone groups is 1. The lowest BCUT2D eigenvalue weighted by molar-refractivity contribution is -0.127. The molecule has 0 spiro atoms. The number of hydrogen-bond acceptors (Lipinski definition) is 4. The van der Waals surface area contributed by atoms with Crippen LogP contribution in [-0.2, 0) is 4.79 Å². The molecule has 1 aromatic heterocycles. The molecule has 6 heteroatoms. The number of ether oxygens (including phenoxy) is 1. The maximum absolute atomic E-state index is 12.5. The molecule has 0 aliphatic rings. The van der Waals surface area contributed by atoms with Crippen LogP contribution in [0.3, 0.4) is 0 Å². The Morgan fingerprint density at radius 1 is 1.11 bits per heavy atom. The van der Waals surface area contributed by atoms with Crippen LogP contribution in [0, 0.1) is 6.92 Å².